The third-order valence-electron chi connectivity index (χ3n) is 3.00. The standard InChI is InChI=1S/C13H16ClN3O2S2/c1-8(12-5-6-13(14)20-12)17-11-7-9(3-4-10(11)15)21(18,19)16-2/h3-8,16-17H,15H2,1-2H3. The summed E-state index contributed by atoms with van der Waals surface area (Å²) in [7, 11) is -2.13. The minimum Gasteiger partial charge on any atom is -0.397 e. The average molecular weight is 346 g/mol. The molecule has 1 atom stereocenters. The highest BCUT2D eigenvalue weighted by Crippen LogP contribution is 2.31. The van der Waals surface area contributed by atoms with Crippen LogP contribution in [0.3, 0.4) is 0 Å². The molecule has 0 saturated carbocycles. The zero-order valence-corrected chi connectivity index (χ0v) is 13.9. The number of nitrogens with two attached hydrogens (primary N) is 1. The normalized spacial score (nSPS) is 13.1. The monoisotopic (exact) mass is 345 g/mol. The lowest BCUT2D eigenvalue weighted by atomic mass is 10.2. The van der Waals surface area contributed by atoms with E-state index < -0.39 is 10.0 Å². The Hall–Kier alpha value is -1.28. The zero-order valence-electron chi connectivity index (χ0n) is 11.6. The maximum absolute atomic E-state index is 11.8. The third-order valence-corrected chi connectivity index (χ3v) is 5.82. The molecule has 0 aliphatic carbocycles. The molecule has 0 amide bonds. The second kappa shape index (κ2) is 6.23. The number of hydrogen-bond donors (Lipinski definition) is 3. The first-order chi connectivity index (χ1) is 9.83. The summed E-state index contributed by atoms with van der Waals surface area (Å²) in [4.78, 5) is 1.21. The molecule has 21 heavy (non-hydrogen) atoms. The van der Waals surface area contributed by atoms with Crippen LogP contribution in [0.1, 0.15) is 17.8 Å². The van der Waals surface area contributed by atoms with Crippen LogP contribution in [0.4, 0.5) is 11.4 Å². The van der Waals surface area contributed by atoms with E-state index in [1.165, 1.54) is 30.5 Å². The molecule has 5 nitrogen and oxygen atoms in total. The number of rotatable bonds is 5. The van der Waals surface area contributed by atoms with E-state index in [1.807, 2.05) is 19.1 Å². The maximum Gasteiger partial charge on any atom is 0.240 e. The topological polar surface area (TPSA) is 84.2 Å². The van der Waals surface area contributed by atoms with Crippen LogP contribution in [-0.4, -0.2) is 15.5 Å². The van der Waals surface area contributed by atoms with Gasteiger partial charge in [0, 0.05) is 4.88 Å². The van der Waals surface area contributed by atoms with Crippen LogP contribution in [0.25, 0.3) is 0 Å². The molecule has 1 aromatic heterocycles. The van der Waals surface area contributed by atoms with E-state index in [-0.39, 0.29) is 10.9 Å². The number of sulfonamides is 1. The molecule has 0 bridgehead atoms. The fourth-order valence-electron chi connectivity index (χ4n) is 1.81. The highest BCUT2D eigenvalue weighted by molar-refractivity contribution is 7.89. The number of halogens is 1. The summed E-state index contributed by atoms with van der Waals surface area (Å²) >= 11 is 7.39. The van der Waals surface area contributed by atoms with E-state index in [0.29, 0.717) is 15.7 Å². The Balaban J connectivity index is 2.29. The van der Waals surface area contributed by atoms with Gasteiger partial charge in [-0.05, 0) is 44.3 Å². The molecule has 1 unspecified atom stereocenters. The van der Waals surface area contributed by atoms with Gasteiger partial charge < -0.3 is 11.1 Å². The number of thiophene rings is 1. The van der Waals surface area contributed by atoms with Crippen LogP contribution in [0.2, 0.25) is 4.34 Å². The van der Waals surface area contributed by atoms with Crippen molar-refractivity contribution < 1.29 is 8.42 Å². The summed E-state index contributed by atoms with van der Waals surface area (Å²) in [6.45, 7) is 1.96. The van der Waals surface area contributed by atoms with E-state index in [1.54, 1.807) is 6.07 Å². The van der Waals surface area contributed by atoms with Crippen LogP contribution in [0.5, 0.6) is 0 Å². The molecule has 8 heteroatoms. The second-order valence-corrected chi connectivity index (χ2v) is 8.10. The summed E-state index contributed by atoms with van der Waals surface area (Å²) in [5.41, 5.74) is 6.96. The van der Waals surface area contributed by atoms with Crippen LogP contribution in [0.15, 0.2) is 35.2 Å². The number of hydrogen-bond acceptors (Lipinski definition) is 5. The summed E-state index contributed by atoms with van der Waals surface area (Å²) in [6, 6.07) is 8.28. The van der Waals surface area contributed by atoms with E-state index >= 15 is 0 Å². The van der Waals surface area contributed by atoms with Crippen molar-refractivity contribution in [1.29, 1.82) is 0 Å². The summed E-state index contributed by atoms with van der Waals surface area (Å²) in [6.07, 6.45) is 0. The summed E-state index contributed by atoms with van der Waals surface area (Å²) < 4.78 is 26.6. The second-order valence-electron chi connectivity index (χ2n) is 4.46. The number of anilines is 2. The van der Waals surface area contributed by atoms with Crippen molar-refractivity contribution >= 4 is 44.3 Å². The van der Waals surface area contributed by atoms with Crippen molar-refractivity contribution in [3.8, 4) is 0 Å². The van der Waals surface area contributed by atoms with Crippen molar-refractivity contribution in [2.24, 2.45) is 0 Å². The van der Waals surface area contributed by atoms with Gasteiger partial charge in [0.15, 0.2) is 0 Å². The van der Waals surface area contributed by atoms with Gasteiger partial charge in [0.05, 0.1) is 26.6 Å². The van der Waals surface area contributed by atoms with E-state index in [9.17, 15) is 8.42 Å². The zero-order chi connectivity index (χ0) is 15.6. The molecular formula is C13H16ClN3O2S2. The van der Waals surface area contributed by atoms with Crippen LogP contribution >= 0.6 is 22.9 Å². The molecule has 0 fully saturated rings. The van der Waals surface area contributed by atoms with Gasteiger partial charge in [-0.3, -0.25) is 0 Å². The lowest BCUT2D eigenvalue weighted by Crippen LogP contribution is -2.19. The highest BCUT2D eigenvalue weighted by Gasteiger charge is 2.15. The SMILES string of the molecule is CNS(=O)(=O)c1ccc(N)c(NC(C)c2ccc(Cl)s2)c1. The van der Waals surface area contributed by atoms with Crippen LogP contribution in [-0.2, 0) is 10.0 Å². The van der Waals surface area contributed by atoms with Crippen molar-refractivity contribution in [2.75, 3.05) is 18.1 Å². The Labute approximate surface area is 133 Å². The molecule has 114 valence electrons. The maximum atomic E-state index is 11.8. The van der Waals surface area contributed by atoms with Gasteiger partial charge in [-0.15, -0.1) is 11.3 Å². The molecule has 0 aliphatic heterocycles. The third kappa shape index (κ3) is 3.68. The van der Waals surface area contributed by atoms with Gasteiger partial charge in [-0.1, -0.05) is 11.6 Å². The Bertz CT molecular complexity index is 744. The molecular weight excluding hydrogens is 330 g/mol. The molecule has 0 saturated heterocycles. The molecule has 1 heterocycles. The van der Waals surface area contributed by atoms with Crippen molar-refractivity contribution in [3.05, 3.63) is 39.5 Å². The smallest absolute Gasteiger partial charge is 0.240 e. The van der Waals surface area contributed by atoms with Crippen molar-refractivity contribution in [2.45, 2.75) is 17.9 Å². The van der Waals surface area contributed by atoms with Crippen molar-refractivity contribution in [3.63, 3.8) is 0 Å². The highest BCUT2D eigenvalue weighted by atomic mass is 35.5. The van der Waals surface area contributed by atoms with Gasteiger partial charge >= 0.3 is 0 Å². The predicted octanol–water partition coefficient (Wildman–Crippen LogP) is 3.06. The minimum absolute atomic E-state index is 0.0302. The Kier molecular flexibility index (Phi) is 4.77. The lowest BCUT2D eigenvalue weighted by molar-refractivity contribution is 0.588. The first-order valence-corrected chi connectivity index (χ1v) is 8.86. The first kappa shape index (κ1) is 16.1. The molecule has 0 radical (unpaired) electrons. The summed E-state index contributed by atoms with van der Waals surface area (Å²) in [5, 5.41) is 3.21. The molecule has 0 spiro atoms. The number of benzene rings is 1. The molecule has 2 aromatic rings. The van der Waals surface area contributed by atoms with Gasteiger partial charge in [-0.25, -0.2) is 13.1 Å². The minimum atomic E-state index is -3.50. The van der Waals surface area contributed by atoms with Gasteiger partial charge in [0.2, 0.25) is 10.0 Å². The van der Waals surface area contributed by atoms with Gasteiger partial charge in [0.25, 0.3) is 0 Å². The van der Waals surface area contributed by atoms with Crippen LogP contribution < -0.4 is 15.8 Å². The fraction of sp³-hybridized carbons (Fsp3) is 0.231. The van der Waals surface area contributed by atoms with Crippen molar-refractivity contribution in [1.82, 2.24) is 4.72 Å². The quantitative estimate of drug-likeness (QED) is 0.727. The molecule has 4 N–H and O–H groups in total. The average Bonchev–Trinajstić information content (AvgIpc) is 2.87. The Morgan fingerprint density at radius 3 is 2.57 bits per heavy atom. The van der Waals surface area contributed by atoms with E-state index in [4.69, 9.17) is 17.3 Å². The first-order valence-electron chi connectivity index (χ1n) is 6.18. The fourth-order valence-corrected chi connectivity index (χ4v) is 3.63. The summed E-state index contributed by atoms with van der Waals surface area (Å²) in [5.74, 6) is 0. The molecule has 2 rings (SSSR count). The van der Waals surface area contributed by atoms with Crippen LogP contribution in [0, 0.1) is 0 Å². The van der Waals surface area contributed by atoms with E-state index in [0.717, 1.165) is 4.88 Å². The molecule has 1 aromatic carbocycles. The number of nitrogen functional groups attached to an aromatic ring is 1. The van der Waals surface area contributed by atoms with Gasteiger partial charge in [-0.2, -0.15) is 0 Å². The van der Waals surface area contributed by atoms with E-state index in [2.05, 4.69) is 10.0 Å². The Morgan fingerprint density at radius 2 is 2.00 bits per heavy atom. The largest absolute Gasteiger partial charge is 0.397 e. The Morgan fingerprint density at radius 1 is 1.29 bits per heavy atom. The lowest BCUT2D eigenvalue weighted by Gasteiger charge is -2.16. The number of nitrogens with one attached hydrogen (secondary N) is 2. The van der Waals surface area contributed by atoms with Gasteiger partial charge in [0.1, 0.15) is 0 Å². The predicted molar refractivity (Wildman–Crippen MR) is 88.5 cm³/mol. The molecule has 0 aliphatic rings.